The van der Waals surface area contributed by atoms with Crippen LogP contribution in [0.3, 0.4) is 0 Å². The summed E-state index contributed by atoms with van der Waals surface area (Å²) < 4.78 is 2.03. The molecule has 5 rings (SSSR count). The highest BCUT2D eigenvalue weighted by atomic mass is 32.1. The Labute approximate surface area is 160 Å². The molecule has 0 saturated carbocycles. The number of pyridine rings is 1. The van der Waals surface area contributed by atoms with Crippen molar-refractivity contribution in [1.82, 2.24) is 19.4 Å². The Morgan fingerprint density at radius 2 is 2.04 bits per heavy atom. The fourth-order valence-corrected chi connectivity index (χ4v) is 4.73. The summed E-state index contributed by atoms with van der Waals surface area (Å²) in [6.45, 7) is 1.59. The molecule has 2 aliphatic heterocycles. The van der Waals surface area contributed by atoms with E-state index in [2.05, 4.69) is 4.98 Å². The zero-order chi connectivity index (χ0) is 18.4. The average Bonchev–Trinajstić information content (AvgIpc) is 3.45. The van der Waals surface area contributed by atoms with Gasteiger partial charge in [-0.3, -0.25) is 14.6 Å². The molecule has 3 aromatic heterocycles. The molecular weight excluding hydrogens is 360 g/mol. The van der Waals surface area contributed by atoms with Crippen molar-refractivity contribution in [3.05, 3.63) is 76.5 Å². The predicted octanol–water partition coefficient (Wildman–Crippen LogP) is 2.67. The van der Waals surface area contributed by atoms with Crippen LogP contribution in [0.25, 0.3) is 0 Å². The first-order chi connectivity index (χ1) is 13.2. The first kappa shape index (κ1) is 16.3. The van der Waals surface area contributed by atoms with Gasteiger partial charge in [0.05, 0.1) is 29.9 Å². The number of aromatic nitrogens is 2. The zero-order valence-electron chi connectivity index (χ0n) is 14.6. The van der Waals surface area contributed by atoms with Crippen molar-refractivity contribution in [2.75, 3.05) is 13.1 Å². The van der Waals surface area contributed by atoms with E-state index < -0.39 is 0 Å². The molecule has 0 aliphatic carbocycles. The Hall–Kier alpha value is -2.93. The van der Waals surface area contributed by atoms with Crippen molar-refractivity contribution in [1.29, 1.82) is 0 Å². The molecule has 5 heterocycles. The number of carbonyl (C=O) groups excluding carboxylic acids is 2. The minimum Gasteiger partial charge on any atom is -0.337 e. The van der Waals surface area contributed by atoms with E-state index >= 15 is 0 Å². The van der Waals surface area contributed by atoms with Crippen LogP contribution >= 0.6 is 11.3 Å². The molecular formula is C20H18N4O2S. The molecule has 0 N–H and O–H groups in total. The molecule has 7 heteroatoms. The third-order valence-corrected chi connectivity index (χ3v) is 6.07. The van der Waals surface area contributed by atoms with Crippen LogP contribution < -0.4 is 0 Å². The molecule has 0 unspecified atom stereocenters. The van der Waals surface area contributed by atoms with E-state index in [1.165, 1.54) is 11.3 Å². The number of likely N-dealkylation sites (tertiary alicyclic amines) is 1. The molecule has 0 bridgehead atoms. The van der Waals surface area contributed by atoms with E-state index in [0.29, 0.717) is 30.9 Å². The molecule has 27 heavy (non-hydrogen) atoms. The second kappa shape index (κ2) is 6.35. The van der Waals surface area contributed by atoms with Gasteiger partial charge < -0.3 is 14.4 Å². The predicted molar refractivity (Wildman–Crippen MR) is 102 cm³/mol. The molecule has 2 amide bonds. The minimum atomic E-state index is -0.0537. The minimum absolute atomic E-state index is 0.00302. The van der Waals surface area contributed by atoms with Gasteiger partial charge in [-0.05, 0) is 35.7 Å². The Balaban J connectivity index is 1.48. The molecule has 0 spiro atoms. The molecule has 2 atom stereocenters. The van der Waals surface area contributed by atoms with Gasteiger partial charge in [-0.15, -0.1) is 0 Å². The van der Waals surface area contributed by atoms with Gasteiger partial charge in [-0.2, -0.15) is 11.3 Å². The lowest BCUT2D eigenvalue weighted by Gasteiger charge is -2.37. The van der Waals surface area contributed by atoms with E-state index in [0.717, 1.165) is 5.69 Å². The second-order valence-corrected chi connectivity index (χ2v) is 7.69. The van der Waals surface area contributed by atoms with Gasteiger partial charge in [0.25, 0.3) is 11.8 Å². The fourth-order valence-electron chi connectivity index (χ4n) is 4.10. The summed E-state index contributed by atoms with van der Waals surface area (Å²) in [6.07, 6.45) is 3.69. The summed E-state index contributed by atoms with van der Waals surface area (Å²) in [5.41, 5.74) is 2.25. The summed E-state index contributed by atoms with van der Waals surface area (Å²) in [6, 6.07) is 11.3. The number of amides is 2. The number of carbonyl (C=O) groups is 2. The maximum absolute atomic E-state index is 13.1. The largest absolute Gasteiger partial charge is 0.337 e. The molecule has 0 aromatic carbocycles. The van der Waals surface area contributed by atoms with Crippen LogP contribution in [-0.4, -0.2) is 50.3 Å². The maximum atomic E-state index is 13.1. The lowest BCUT2D eigenvalue weighted by atomic mass is 10.1. The summed E-state index contributed by atoms with van der Waals surface area (Å²) in [4.78, 5) is 34.1. The van der Waals surface area contributed by atoms with Crippen LogP contribution in [0.2, 0.25) is 0 Å². The number of rotatable bonds is 3. The lowest BCUT2D eigenvalue weighted by Crippen LogP contribution is -2.50. The van der Waals surface area contributed by atoms with Gasteiger partial charge in [-0.1, -0.05) is 6.07 Å². The summed E-state index contributed by atoms with van der Waals surface area (Å²) in [7, 11) is 0. The van der Waals surface area contributed by atoms with E-state index in [4.69, 9.17) is 0 Å². The highest BCUT2D eigenvalue weighted by molar-refractivity contribution is 7.08. The van der Waals surface area contributed by atoms with Crippen LogP contribution in [0.4, 0.5) is 0 Å². The summed E-state index contributed by atoms with van der Waals surface area (Å²) in [5.74, 6) is 0.0290. The van der Waals surface area contributed by atoms with Gasteiger partial charge in [-0.25, -0.2) is 0 Å². The van der Waals surface area contributed by atoms with E-state index in [1.807, 2.05) is 67.7 Å². The van der Waals surface area contributed by atoms with Gasteiger partial charge in [0.15, 0.2) is 0 Å². The van der Waals surface area contributed by atoms with Crippen molar-refractivity contribution >= 4 is 23.2 Å². The third kappa shape index (κ3) is 2.66. The van der Waals surface area contributed by atoms with Gasteiger partial charge in [0, 0.05) is 30.9 Å². The number of hydrogen-bond donors (Lipinski definition) is 0. The quantitative estimate of drug-likeness (QED) is 0.704. The number of nitrogens with zero attached hydrogens (tertiary/aromatic N) is 4. The second-order valence-electron chi connectivity index (χ2n) is 6.91. The molecule has 1 saturated heterocycles. The van der Waals surface area contributed by atoms with Crippen molar-refractivity contribution in [2.24, 2.45) is 0 Å². The molecule has 136 valence electrons. The maximum Gasteiger partial charge on any atom is 0.271 e. The van der Waals surface area contributed by atoms with Crippen molar-refractivity contribution in [3.8, 4) is 0 Å². The highest BCUT2D eigenvalue weighted by Crippen LogP contribution is 2.35. The molecule has 0 radical (unpaired) electrons. The van der Waals surface area contributed by atoms with Crippen molar-refractivity contribution in [3.63, 3.8) is 0 Å². The van der Waals surface area contributed by atoms with Crippen molar-refractivity contribution in [2.45, 2.75) is 18.6 Å². The topological polar surface area (TPSA) is 58.4 Å². The molecule has 2 aliphatic rings. The number of thiophene rings is 1. The molecule has 6 nitrogen and oxygen atoms in total. The normalized spacial score (nSPS) is 21.3. The monoisotopic (exact) mass is 378 g/mol. The Morgan fingerprint density at radius 1 is 1.15 bits per heavy atom. The third-order valence-electron chi connectivity index (χ3n) is 5.39. The van der Waals surface area contributed by atoms with Crippen LogP contribution in [0, 0.1) is 0 Å². The molecule has 3 aromatic rings. The lowest BCUT2D eigenvalue weighted by molar-refractivity contribution is 0.0547. The average molecular weight is 378 g/mol. The van der Waals surface area contributed by atoms with E-state index in [9.17, 15) is 9.59 Å². The Kier molecular flexibility index (Phi) is 3.82. The van der Waals surface area contributed by atoms with Crippen LogP contribution in [-0.2, 0) is 6.54 Å². The van der Waals surface area contributed by atoms with Crippen LogP contribution in [0.5, 0.6) is 0 Å². The van der Waals surface area contributed by atoms with Gasteiger partial charge in [0.2, 0.25) is 0 Å². The van der Waals surface area contributed by atoms with Crippen molar-refractivity contribution < 1.29 is 9.59 Å². The number of hydrogen-bond acceptors (Lipinski definition) is 4. The first-order valence-corrected chi connectivity index (χ1v) is 9.86. The van der Waals surface area contributed by atoms with Gasteiger partial charge >= 0.3 is 0 Å². The first-order valence-electron chi connectivity index (χ1n) is 8.91. The standard InChI is InChI=1S/C20H18N4O2S/c25-19(14-6-9-27-13-14)22-11-17-18(12-22)24(10-15-4-1-2-7-21-15)20(26)16-5-3-8-23(16)17/h1-9,13,17-18H,10-12H2/t17-,18-/m0/s1. The van der Waals surface area contributed by atoms with Crippen LogP contribution in [0.15, 0.2) is 59.6 Å². The zero-order valence-corrected chi connectivity index (χ0v) is 15.4. The Morgan fingerprint density at radius 3 is 2.81 bits per heavy atom. The number of fused-ring (bicyclic) bond motifs is 3. The highest BCUT2D eigenvalue weighted by Gasteiger charge is 2.46. The van der Waals surface area contributed by atoms with E-state index in [1.54, 1.807) is 6.20 Å². The molecule has 1 fully saturated rings. The van der Waals surface area contributed by atoms with E-state index in [-0.39, 0.29) is 23.9 Å². The smallest absolute Gasteiger partial charge is 0.271 e. The Bertz CT molecular complexity index is 983. The van der Waals surface area contributed by atoms with Gasteiger partial charge in [0.1, 0.15) is 5.69 Å². The fraction of sp³-hybridized carbons (Fsp3) is 0.250. The van der Waals surface area contributed by atoms with Crippen LogP contribution in [0.1, 0.15) is 32.6 Å². The summed E-state index contributed by atoms with van der Waals surface area (Å²) >= 11 is 1.52. The summed E-state index contributed by atoms with van der Waals surface area (Å²) in [5, 5.41) is 3.79. The SMILES string of the molecule is O=C(c1ccsc1)N1C[C@H]2[C@H](C1)n1cccc1C(=O)N2Cc1ccccn1.